The topological polar surface area (TPSA) is 64.4 Å². The van der Waals surface area contributed by atoms with E-state index in [2.05, 4.69) is 41.7 Å². The van der Waals surface area contributed by atoms with Crippen molar-refractivity contribution in [2.45, 2.75) is 18.4 Å². The number of anilines is 1. The van der Waals surface area contributed by atoms with E-state index in [4.69, 9.17) is 4.74 Å². The zero-order chi connectivity index (χ0) is 19.3. The second-order valence-electron chi connectivity index (χ2n) is 7.47. The monoisotopic (exact) mass is 372 g/mol. The lowest BCUT2D eigenvalue weighted by molar-refractivity contribution is -0.384. The van der Waals surface area contributed by atoms with Gasteiger partial charge in [-0.1, -0.05) is 36.4 Å². The first-order chi connectivity index (χ1) is 13.7. The lowest BCUT2D eigenvalue weighted by Crippen LogP contribution is -2.30. The van der Waals surface area contributed by atoms with Crippen LogP contribution in [0.15, 0.2) is 66.7 Å². The van der Waals surface area contributed by atoms with Gasteiger partial charge in [0.1, 0.15) is 5.75 Å². The summed E-state index contributed by atoms with van der Waals surface area (Å²) in [7, 11) is 1.68. The first kappa shape index (κ1) is 16.8. The molecule has 2 aliphatic rings. The number of nitro groups is 1. The molecular weight excluding hydrogens is 352 g/mol. The van der Waals surface area contributed by atoms with Crippen molar-refractivity contribution in [1.29, 1.82) is 0 Å². The molecule has 1 aliphatic carbocycles. The van der Waals surface area contributed by atoms with Crippen LogP contribution in [0.3, 0.4) is 0 Å². The van der Waals surface area contributed by atoms with E-state index in [9.17, 15) is 10.1 Å². The van der Waals surface area contributed by atoms with Crippen molar-refractivity contribution in [2.24, 2.45) is 5.92 Å². The smallest absolute Gasteiger partial charge is 0.269 e. The lowest BCUT2D eigenvalue weighted by Gasteiger charge is -2.38. The van der Waals surface area contributed by atoms with Crippen molar-refractivity contribution < 1.29 is 9.66 Å². The van der Waals surface area contributed by atoms with Crippen molar-refractivity contribution in [2.75, 3.05) is 12.4 Å². The number of benzene rings is 3. The van der Waals surface area contributed by atoms with Crippen LogP contribution in [-0.2, 0) is 6.42 Å². The summed E-state index contributed by atoms with van der Waals surface area (Å²) in [6.07, 6.45) is 0.942. The summed E-state index contributed by atoms with van der Waals surface area (Å²) in [5.74, 6) is 1.27. The fourth-order valence-corrected chi connectivity index (χ4v) is 4.83. The number of rotatable bonds is 3. The van der Waals surface area contributed by atoms with Gasteiger partial charge in [0.25, 0.3) is 5.69 Å². The number of nitro benzene ring substituents is 1. The van der Waals surface area contributed by atoms with Gasteiger partial charge in [-0.15, -0.1) is 0 Å². The quantitative estimate of drug-likeness (QED) is 0.515. The standard InChI is InChI=1S/C23H20N2O3/c1-28-17-7-4-6-15(11-17)23-20-12-14-5-2-3-8-18(14)22(20)19-13-16(25(26)27)9-10-21(19)24-23/h2-11,13,20,22-24H,12H2,1H3/t20-,22-,23-/m0/s1. The lowest BCUT2D eigenvalue weighted by atomic mass is 9.75. The highest BCUT2D eigenvalue weighted by Gasteiger charge is 2.43. The molecule has 1 N–H and O–H groups in total. The van der Waals surface area contributed by atoms with E-state index < -0.39 is 0 Å². The Morgan fingerprint density at radius 2 is 1.89 bits per heavy atom. The summed E-state index contributed by atoms with van der Waals surface area (Å²) in [4.78, 5) is 11.0. The van der Waals surface area contributed by atoms with Crippen LogP contribution in [0.5, 0.6) is 5.75 Å². The minimum atomic E-state index is -0.315. The number of nitrogens with zero attached hydrogens (tertiary/aromatic N) is 1. The fraction of sp³-hybridized carbons (Fsp3) is 0.217. The van der Waals surface area contributed by atoms with Crippen molar-refractivity contribution in [3.05, 3.63) is 99.1 Å². The van der Waals surface area contributed by atoms with Crippen LogP contribution >= 0.6 is 0 Å². The zero-order valence-electron chi connectivity index (χ0n) is 15.5. The van der Waals surface area contributed by atoms with E-state index in [1.807, 2.05) is 18.2 Å². The van der Waals surface area contributed by atoms with Gasteiger partial charge < -0.3 is 10.1 Å². The molecule has 0 unspecified atom stereocenters. The molecule has 0 radical (unpaired) electrons. The van der Waals surface area contributed by atoms with E-state index in [0.717, 1.165) is 23.4 Å². The van der Waals surface area contributed by atoms with E-state index in [0.29, 0.717) is 5.92 Å². The summed E-state index contributed by atoms with van der Waals surface area (Å²) in [5, 5.41) is 15.0. The van der Waals surface area contributed by atoms with Gasteiger partial charge in [0.05, 0.1) is 18.1 Å². The first-order valence-corrected chi connectivity index (χ1v) is 9.42. The Balaban J connectivity index is 1.67. The molecule has 3 atom stereocenters. The van der Waals surface area contributed by atoms with Gasteiger partial charge in [-0.05, 0) is 52.8 Å². The molecule has 0 spiro atoms. The Bertz CT molecular complexity index is 1080. The minimum Gasteiger partial charge on any atom is -0.497 e. The van der Waals surface area contributed by atoms with Crippen LogP contribution < -0.4 is 10.1 Å². The highest BCUT2D eigenvalue weighted by atomic mass is 16.6. The summed E-state index contributed by atoms with van der Waals surface area (Å²) in [6.45, 7) is 0. The highest BCUT2D eigenvalue weighted by Crippen LogP contribution is 2.54. The van der Waals surface area contributed by atoms with E-state index >= 15 is 0 Å². The molecule has 0 saturated heterocycles. The van der Waals surface area contributed by atoms with Crippen molar-refractivity contribution in [3.63, 3.8) is 0 Å². The van der Waals surface area contributed by atoms with Gasteiger partial charge in [-0.3, -0.25) is 10.1 Å². The molecule has 5 rings (SSSR count). The normalized spacial score (nSPS) is 21.8. The van der Waals surface area contributed by atoms with E-state index in [1.54, 1.807) is 19.2 Å². The summed E-state index contributed by atoms with van der Waals surface area (Å²) >= 11 is 0. The molecule has 5 heteroatoms. The molecule has 0 saturated carbocycles. The molecule has 28 heavy (non-hydrogen) atoms. The molecule has 1 aliphatic heterocycles. The molecule has 0 amide bonds. The third-order valence-electron chi connectivity index (χ3n) is 6.05. The minimum absolute atomic E-state index is 0.112. The number of hydrogen-bond acceptors (Lipinski definition) is 4. The predicted octanol–water partition coefficient (Wildman–Crippen LogP) is 5.07. The Hall–Kier alpha value is -3.34. The van der Waals surface area contributed by atoms with Gasteiger partial charge in [-0.25, -0.2) is 0 Å². The summed E-state index contributed by atoms with van der Waals surface area (Å²) in [6, 6.07) is 21.9. The Morgan fingerprint density at radius 1 is 1.04 bits per heavy atom. The molecular formula is C23H20N2O3. The number of non-ortho nitro benzene ring substituents is 1. The van der Waals surface area contributed by atoms with Crippen LogP contribution in [0.25, 0.3) is 0 Å². The Labute approximate surface area is 163 Å². The molecule has 1 heterocycles. The maximum atomic E-state index is 11.4. The number of methoxy groups -OCH3 is 1. The average Bonchev–Trinajstić information content (AvgIpc) is 3.12. The number of fused-ring (bicyclic) bond motifs is 5. The largest absolute Gasteiger partial charge is 0.497 e. The SMILES string of the molecule is COc1cccc([C@@H]2Nc3ccc([N+](=O)[O-])cc3[C@@H]3c4ccccc4C[C@@H]32)c1. The molecule has 3 aromatic rings. The fourth-order valence-electron chi connectivity index (χ4n) is 4.83. The number of ether oxygens (including phenoxy) is 1. The zero-order valence-corrected chi connectivity index (χ0v) is 15.5. The third kappa shape index (κ3) is 2.54. The van der Waals surface area contributed by atoms with Gasteiger partial charge in [0, 0.05) is 23.7 Å². The molecule has 0 aromatic heterocycles. The Morgan fingerprint density at radius 3 is 2.71 bits per heavy atom. The second-order valence-corrected chi connectivity index (χ2v) is 7.47. The summed E-state index contributed by atoms with van der Waals surface area (Å²) < 4.78 is 5.43. The van der Waals surface area contributed by atoms with Crippen LogP contribution in [0.1, 0.15) is 34.2 Å². The van der Waals surface area contributed by atoms with E-state index in [1.165, 1.54) is 16.7 Å². The summed E-state index contributed by atoms with van der Waals surface area (Å²) in [5.41, 5.74) is 5.91. The number of hydrogen-bond donors (Lipinski definition) is 1. The molecule has 0 fully saturated rings. The highest BCUT2D eigenvalue weighted by molar-refractivity contribution is 5.65. The molecule has 140 valence electrons. The maximum absolute atomic E-state index is 11.4. The predicted molar refractivity (Wildman–Crippen MR) is 108 cm³/mol. The van der Waals surface area contributed by atoms with Gasteiger partial charge in [0.15, 0.2) is 0 Å². The number of nitrogens with one attached hydrogen (secondary N) is 1. The average molecular weight is 372 g/mol. The second kappa shape index (κ2) is 6.37. The molecule has 0 bridgehead atoms. The van der Waals surface area contributed by atoms with Crippen LogP contribution in [0, 0.1) is 16.0 Å². The van der Waals surface area contributed by atoms with Crippen molar-refractivity contribution in [3.8, 4) is 5.75 Å². The van der Waals surface area contributed by atoms with Crippen molar-refractivity contribution in [1.82, 2.24) is 0 Å². The van der Waals surface area contributed by atoms with Crippen molar-refractivity contribution >= 4 is 11.4 Å². The van der Waals surface area contributed by atoms with Crippen LogP contribution in [-0.4, -0.2) is 12.0 Å². The van der Waals surface area contributed by atoms with Crippen LogP contribution in [0.2, 0.25) is 0 Å². The first-order valence-electron chi connectivity index (χ1n) is 9.42. The van der Waals surface area contributed by atoms with Gasteiger partial charge >= 0.3 is 0 Å². The van der Waals surface area contributed by atoms with E-state index in [-0.39, 0.29) is 22.6 Å². The van der Waals surface area contributed by atoms with Gasteiger partial charge in [0.2, 0.25) is 0 Å². The van der Waals surface area contributed by atoms with Gasteiger partial charge in [-0.2, -0.15) is 0 Å². The Kier molecular flexibility index (Phi) is 3.83. The van der Waals surface area contributed by atoms with Crippen LogP contribution in [0.4, 0.5) is 11.4 Å². The maximum Gasteiger partial charge on any atom is 0.269 e. The molecule has 5 nitrogen and oxygen atoms in total. The third-order valence-corrected chi connectivity index (χ3v) is 6.05. The molecule has 3 aromatic carbocycles.